The Hall–Kier alpha value is -1.05. The number of nitrogens with zero attached hydrogens (tertiary/aromatic N) is 1. The minimum Gasteiger partial charge on any atom is -0.355 e. The Bertz CT molecular complexity index is 365. The van der Waals surface area contributed by atoms with Crippen LogP contribution in [0.25, 0.3) is 0 Å². The molecule has 2 rings (SSSR count). The van der Waals surface area contributed by atoms with Gasteiger partial charge in [0.1, 0.15) is 12.9 Å². The standard InChI is InChI=1S/C15H25FN2O4/c16-11-12-5-6-13(22-12)17-21-10-4-2-1-3-9-18-14(19)7-8-15(18)20/h12-13,17H,1-11H2. The number of unbranched alkanes of at least 4 members (excludes halogenated alkanes) is 3. The van der Waals surface area contributed by atoms with E-state index in [1.807, 2.05) is 0 Å². The molecule has 22 heavy (non-hydrogen) atoms. The van der Waals surface area contributed by atoms with Gasteiger partial charge in [-0.2, -0.15) is 5.48 Å². The average Bonchev–Trinajstić information content (AvgIpc) is 3.10. The molecule has 7 heteroatoms. The van der Waals surface area contributed by atoms with E-state index < -0.39 is 6.67 Å². The van der Waals surface area contributed by atoms with E-state index in [1.165, 1.54) is 4.90 Å². The van der Waals surface area contributed by atoms with Crippen molar-refractivity contribution in [1.29, 1.82) is 0 Å². The fourth-order valence-electron chi connectivity index (χ4n) is 2.73. The summed E-state index contributed by atoms with van der Waals surface area (Å²) in [5, 5.41) is 0. The molecule has 0 saturated carbocycles. The van der Waals surface area contributed by atoms with Gasteiger partial charge in [-0.15, -0.1) is 0 Å². The van der Waals surface area contributed by atoms with Crippen molar-refractivity contribution in [2.45, 2.75) is 63.7 Å². The van der Waals surface area contributed by atoms with E-state index in [4.69, 9.17) is 9.57 Å². The van der Waals surface area contributed by atoms with E-state index in [-0.39, 0.29) is 24.1 Å². The molecular formula is C15H25FN2O4. The first-order valence-corrected chi connectivity index (χ1v) is 8.12. The number of rotatable bonds is 10. The zero-order chi connectivity index (χ0) is 15.8. The topological polar surface area (TPSA) is 67.9 Å². The summed E-state index contributed by atoms with van der Waals surface area (Å²) in [6, 6.07) is 0. The van der Waals surface area contributed by atoms with Crippen LogP contribution in [0.1, 0.15) is 51.4 Å². The second-order valence-corrected chi connectivity index (χ2v) is 5.80. The quantitative estimate of drug-likeness (QED) is 0.377. The predicted octanol–water partition coefficient (Wildman–Crippen LogP) is 1.69. The minimum absolute atomic E-state index is 0.0410. The van der Waals surface area contributed by atoms with Gasteiger partial charge in [-0.05, 0) is 25.7 Å². The van der Waals surface area contributed by atoms with Gasteiger partial charge in [-0.25, -0.2) is 4.39 Å². The zero-order valence-corrected chi connectivity index (χ0v) is 12.9. The number of alkyl halides is 1. The molecule has 2 atom stereocenters. The van der Waals surface area contributed by atoms with E-state index >= 15 is 0 Å². The van der Waals surface area contributed by atoms with E-state index in [2.05, 4.69) is 5.48 Å². The molecular weight excluding hydrogens is 291 g/mol. The van der Waals surface area contributed by atoms with Crippen LogP contribution in [-0.4, -0.2) is 48.9 Å². The SMILES string of the molecule is O=C1CCC(=O)N1CCCCCCONC1CCC(CF)O1. The third-order valence-electron chi connectivity index (χ3n) is 4.03. The summed E-state index contributed by atoms with van der Waals surface area (Å²) >= 11 is 0. The van der Waals surface area contributed by atoms with Crippen LogP contribution in [-0.2, 0) is 19.2 Å². The number of imide groups is 1. The van der Waals surface area contributed by atoms with E-state index in [0.29, 0.717) is 26.0 Å². The molecule has 6 nitrogen and oxygen atoms in total. The largest absolute Gasteiger partial charge is 0.355 e. The van der Waals surface area contributed by atoms with Crippen molar-refractivity contribution in [2.75, 3.05) is 19.8 Å². The molecule has 126 valence electrons. The zero-order valence-electron chi connectivity index (χ0n) is 12.9. The van der Waals surface area contributed by atoms with Gasteiger partial charge in [0.2, 0.25) is 11.8 Å². The minimum atomic E-state index is -0.444. The van der Waals surface area contributed by atoms with Crippen molar-refractivity contribution in [1.82, 2.24) is 10.4 Å². The third kappa shape index (κ3) is 5.30. The first-order valence-electron chi connectivity index (χ1n) is 8.12. The second kappa shape index (κ2) is 9.17. The molecule has 2 unspecified atom stereocenters. The van der Waals surface area contributed by atoms with Gasteiger partial charge in [0.25, 0.3) is 0 Å². The van der Waals surface area contributed by atoms with Gasteiger partial charge in [0.05, 0.1) is 12.7 Å². The Morgan fingerprint density at radius 3 is 2.55 bits per heavy atom. The van der Waals surface area contributed by atoms with Gasteiger partial charge in [0.15, 0.2) is 0 Å². The Labute approximate surface area is 130 Å². The molecule has 0 aromatic carbocycles. The number of hydrogen-bond donors (Lipinski definition) is 1. The third-order valence-corrected chi connectivity index (χ3v) is 4.03. The molecule has 0 aromatic rings. The lowest BCUT2D eigenvalue weighted by Crippen LogP contribution is -2.30. The van der Waals surface area contributed by atoms with Gasteiger partial charge in [-0.1, -0.05) is 12.8 Å². The normalized spacial score (nSPS) is 25.4. The van der Waals surface area contributed by atoms with Crippen LogP contribution in [0, 0.1) is 0 Å². The summed E-state index contributed by atoms with van der Waals surface area (Å²) in [7, 11) is 0. The number of halogens is 1. The number of hydrogen-bond acceptors (Lipinski definition) is 5. The summed E-state index contributed by atoms with van der Waals surface area (Å²) in [4.78, 5) is 29.5. The van der Waals surface area contributed by atoms with Crippen LogP contribution in [0.15, 0.2) is 0 Å². The first kappa shape index (κ1) is 17.3. The lowest BCUT2D eigenvalue weighted by atomic mass is 10.2. The summed E-state index contributed by atoms with van der Waals surface area (Å²) < 4.78 is 17.7. The highest BCUT2D eigenvalue weighted by atomic mass is 19.1. The highest BCUT2D eigenvalue weighted by molar-refractivity contribution is 6.01. The smallest absolute Gasteiger partial charge is 0.229 e. The molecule has 2 saturated heterocycles. The lowest BCUT2D eigenvalue weighted by Gasteiger charge is -2.14. The number of carbonyl (C=O) groups is 2. The fourth-order valence-corrected chi connectivity index (χ4v) is 2.73. The van der Waals surface area contributed by atoms with Gasteiger partial charge in [0, 0.05) is 19.4 Å². The van der Waals surface area contributed by atoms with Gasteiger partial charge < -0.3 is 4.74 Å². The number of nitrogens with one attached hydrogen (secondary N) is 1. The van der Waals surface area contributed by atoms with E-state index in [0.717, 1.165) is 38.5 Å². The predicted molar refractivity (Wildman–Crippen MR) is 77.4 cm³/mol. The number of likely N-dealkylation sites (tertiary alicyclic amines) is 1. The molecule has 2 aliphatic heterocycles. The number of ether oxygens (including phenoxy) is 1. The lowest BCUT2D eigenvalue weighted by molar-refractivity contribution is -0.138. The molecule has 0 aromatic heterocycles. The highest BCUT2D eigenvalue weighted by Crippen LogP contribution is 2.18. The van der Waals surface area contributed by atoms with Crippen molar-refractivity contribution in [3.8, 4) is 0 Å². The molecule has 0 radical (unpaired) electrons. The number of hydroxylamine groups is 1. The van der Waals surface area contributed by atoms with E-state index in [9.17, 15) is 14.0 Å². The van der Waals surface area contributed by atoms with Crippen LogP contribution < -0.4 is 5.48 Å². The van der Waals surface area contributed by atoms with Crippen LogP contribution in [0.5, 0.6) is 0 Å². The average molecular weight is 316 g/mol. The second-order valence-electron chi connectivity index (χ2n) is 5.80. The molecule has 2 amide bonds. The van der Waals surface area contributed by atoms with Crippen LogP contribution in [0.4, 0.5) is 4.39 Å². The Morgan fingerprint density at radius 2 is 1.86 bits per heavy atom. The molecule has 2 fully saturated rings. The monoisotopic (exact) mass is 316 g/mol. The van der Waals surface area contributed by atoms with Crippen molar-refractivity contribution in [3.05, 3.63) is 0 Å². The molecule has 0 bridgehead atoms. The number of amides is 2. The van der Waals surface area contributed by atoms with Gasteiger partial charge >= 0.3 is 0 Å². The van der Waals surface area contributed by atoms with Crippen molar-refractivity contribution in [3.63, 3.8) is 0 Å². The van der Waals surface area contributed by atoms with Gasteiger partial charge in [-0.3, -0.25) is 19.3 Å². The molecule has 2 heterocycles. The molecule has 2 aliphatic rings. The Morgan fingerprint density at radius 1 is 1.14 bits per heavy atom. The maximum atomic E-state index is 12.4. The Kier molecular flexibility index (Phi) is 7.21. The number of carbonyl (C=O) groups excluding carboxylic acids is 2. The summed E-state index contributed by atoms with van der Waals surface area (Å²) in [5.74, 6) is -0.0821. The van der Waals surface area contributed by atoms with Crippen molar-refractivity contribution in [2.24, 2.45) is 0 Å². The molecule has 1 N–H and O–H groups in total. The maximum absolute atomic E-state index is 12.4. The van der Waals surface area contributed by atoms with Crippen LogP contribution in [0.2, 0.25) is 0 Å². The van der Waals surface area contributed by atoms with E-state index in [1.54, 1.807) is 0 Å². The Balaban J connectivity index is 1.40. The molecule has 0 aliphatic carbocycles. The summed E-state index contributed by atoms with van der Waals surface area (Å²) in [5.41, 5.74) is 2.81. The van der Waals surface area contributed by atoms with Crippen LogP contribution >= 0.6 is 0 Å². The summed E-state index contributed by atoms with van der Waals surface area (Å²) in [6.45, 7) is 0.666. The van der Waals surface area contributed by atoms with Crippen LogP contribution in [0.3, 0.4) is 0 Å². The summed E-state index contributed by atoms with van der Waals surface area (Å²) in [6.07, 6.45) is 5.42. The molecule has 0 spiro atoms. The highest BCUT2D eigenvalue weighted by Gasteiger charge is 2.27. The van der Waals surface area contributed by atoms with Crippen molar-refractivity contribution >= 4 is 11.8 Å². The maximum Gasteiger partial charge on any atom is 0.229 e. The first-order chi connectivity index (χ1) is 10.7. The van der Waals surface area contributed by atoms with Crippen molar-refractivity contribution < 1.29 is 23.6 Å². The fraction of sp³-hybridized carbons (Fsp3) is 0.867.